The number of piperazine rings is 1. The first-order valence-corrected chi connectivity index (χ1v) is 10.2. The third-order valence-electron chi connectivity index (χ3n) is 5.22. The van der Waals surface area contributed by atoms with Crippen molar-refractivity contribution in [2.75, 3.05) is 38.1 Å². The average Bonchev–Trinajstić information content (AvgIpc) is 3.02. The number of fused-ring (bicyclic) bond motifs is 1. The van der Waals surface area contributed by atoms with Crippen molar-refractivity contribution in [2.45, 2.75) is 17.4 Å². The molecule has 0 amide bonds. The SMILES string of the molecule is CN1CCc2ccc(S(=O)(=O)N3CCNCC3c3cccc(F)c3)cc21. The molecular formula is C19H22FN3O2S. The van der Waals surface area contributed by atoms with Crippen LogP contribution in [0.25, 0.3) is 0 Å². The molecule has 4 rings (SSSR count). The van der Waals surface area contributed by atoms with Gasteiger partial charge in [0.05, 0.1) is 10.9 Å². The Bertz CT molecular complexity index is 932. The lowest BCUT2D eigenvalue weighted by Gasteiger charge is -2.35. The lowest BCUT2D eigenvalue weighted by molar-refractivity contribution is 0.271. The van der Waals surface area contributed by atoms with Crippen LogP contribution in [0.3, 0.4) is 0 Å². The van der Waals surface area contributed by atoms with Crippen LogP contribution in [0.15, 0.2) is 47.4 Å². The lowest BCUT2D eigenvalue weighted by Crippen LogP contribution is -2.48. The zero-order chi connectivity index (χ0) is 18.3. The third-order valence-corrected chi connectivity index (χ3v) is 7.12. The van der Waals surface area contributed by atoms with Crippen molar-refractivity contribution < 1.29 is 12.8 Å². The molecule has 2 heterocycles. The molecule has 2 aromatic rings. The summed E-state index contributed by atoms with van der Waals surface area (Å²) < 4.78 is 41.9. The highest BCUT2D eigenvalue weighted by Crippen LogP contribution is 2.33. The van der Waals surface area contributed by atoms with E-state index in [0.717, 1.165) is 18.7 Å². The standard InChI is InChI=1S/C19H22FN3O2S/c1-22-9-7-14-5-6-17(12-18(14)22)26(24,25)23-10-8-21-13-19(23)15-3-2-4-16(20)11-15/h2-6,11-12,19,21H,7-10,13H2,1H3. The number of nitrogens with one attached hydrogen (secondary N) is 1. The van der Waals surface area contributed by atoms with Crippen LogP contribution in [-0.2, 0) is 16.4 Å². The molecule has 0 aromatic heterocycles. The van der Waals surface area contributed by atoms with Gasteiger partial charge in [0.25, 0.3) is 0 Å². The van der Waals surface area contributed by atoms with E-state index in [1.165, 1.54) is 22.0 Å². The van der Waals surface area contributed by atoms with Crippen LogP contribution in [0.4, 0.5) is 10.1 Å². The van der Waals surface area contributed by atoms with E-state index in [1.807, 2.05) is 13.1 Å². The van der Waals surface area contributed by atoms with Crippen LogP contribution in [0, 0.1) is 5.82 Å². The average molecular weight is 375 g/mol. The van der Waals surface area contributed by atoms with E-state index in [2.05, 4.69) is 10.2 Å². The number of rotatable bonds is 3. The quantitative estimate of drug-likeness (QED) is 0.893. The zero-order valence-corrected chi connectivity index (χ0v) is 15.5. The highest BCUT2D eigenvalue weighted by molar-refractivity contribution is 7.89. The molecule has 0 bridgehead atoms. The minimum atomic E-state index is -3.67. The predicted octanol–water partition coefficient (Wildman–Crippen LogP) is 2.15. The van der Waals surface area contributed by atoms with E-state index >= 15 is 0 Å². The second-order valence-electron chi connectivity index (χ2n) is 6.85. The molecule has 138 valence electrons. The van der Waals surface area contributed by atoms with E-state index in [1.54, 1.807) is 24.3 Å². The molecule has 1 fully saturated rings. The Kier molecular flexibility index (Phi) is 4.46. The number of halogens is 1. The first-order chi connectivity index (χ1) is 12.5. The van der Waals surface area contributed by atoms with Gasteiger partial charge in [0.15, 0.2) is 0 Å². The molecule has 2 aromatic carbocycles. The molecule has 1 unspecified atom stereocenters. The molecule has 7 heteroatoms. The van der Waals surface area contributed by atoms with Crippen molar-refractivity contribution in [1.82, 2.24) is 9.62 Å². The molecule has 5 nitrogen and oxygen atoms in total. The monoisotopic (exact) mass is 375 g/mol. The van der Waals surface area contributed by atoms with Crippen LogP contribution >= 0.6 is 0 Å². The lowest BCUT2D eigenvalue weighted by atomic mass is 10.1. The van der Waals surface area contributed by atoms with Crippen molar-refractivity contribution in [3.8, 4) is 0 Å². The van der Waals surface area contributed by atoms with Gasteiger partial charge in [-0.2, -0.15) is 4.31 Å². The van der Waals surface area contributed by atoms with Gasteiger partial charge < -0.3 is 10.2 Å². The second kappa shape index (κ2) is 6.64. The molecule has 1 atom stereocenters. The molecule has 2 aliphatic rings. The summed E-state index contributed by atoms with van der Waals surface area (Å²) in [4.78, 5) is 2.38. The highest BCUT2D eigenvalue weighted by atomic mass is 32.2. The topological polar surface area (TPSA) is 52.7 Å². The van der Waals surface area contributed by atoms with Crippen molar-refractivity contribution in [2.24, 2.45) is 0 Å². The van der Waals surface area contributed by atoms with Gasteiger partial charge in [-0.05, 0) is 41.8 Å². The summed E-state index contributed by atoms with van der Waals surface area (Å²) in [5, 5.41) is 3.22. The Hall–Kier alpha value is -1.96. The van der Waals surface area contributed by atoms with E-state index in [-0.39, 0.29) is 5.82 Å². The fourth-order valence-electron chi connectivity index (χ4n) is 3.79. The fraction of sp³-hybridized carbons (Fsp3) is 0.368. The molecule has 1 saturated heterocycles. The minimum Gasteiger partial charge on any atom is -0.374 e. The predicted molar refractivity (Wildman–Crippen MR) is 99.3 cm³/mol. The van der Waals surface area contributed by atoms with Crippen molar-refractivity contribution in [3.63, 3.8) is 0 Å². The molecule has 0 spiro atoms. The summed E-state index contributed by atoms with van der Waals surface area (Å²) in [6.07, 6.45) is 0.936. The Morgan fingerprint density at radius 2 is 2.00 bits per heavy atom. The summed E-state index contributed by atoms with van der Waals surface area (Å²) in [5.74, 6) is -0.357. The number of likely N-dealkylation sites (N-methyl/N-ethyl adjacent to an activating group) is 1. The van der Waals surface area contributed by atoms with Gasteiger partial charge in [0.1, 0.15) is 5.82 Å². The number of hydrogen-bond acceptors (Lipinski definition) is 4. The van der Waals surface area contributed by atoms with Crippen LogP contribution in [0.2, 0.25) is 0 Å². The van der Waals surface area contributed by atoms with Gasteiger partial charge in [0.2, 0.25) is 10.0 Å². The minimum absolute atomic E-state index is 0.299. The van der Waals surface area contributed by atoms with Crippen LogP contribution in [0.1, 0.15) is 17.2 Å². The largest absolute Gasteiger partial charge is 0.374 e. The molecular weight excluding hydrogens is 353 g/mol. The number of sulfonamides is 1. The zero-order valence-electron chi connectivity index (χ0n) is 14.7. The summed E-state index contributed by atoms with van der Waals surface area (Å²) in [5.41, 5.74) is 2.82. The van der Waals surface area contributed by atoms with E-state index in [0.29, 0.717) is 30.1 Å². The van der Waals surface area contributed by atoms with Crippen molar-refractivity contribution >= 4 is 15.7 Å². The van der Waals surface area contributed by atoms with Crippen LogP contribution in [0.5, 0.6) is 0 Å². The third kappa shape index (κ3) is 3.00. The molecule has 0 aliphatic carbocycles. The summed E-state index contributed by atoms with van der Waals surface area (Å²) in [6, 6.07) is 11.1. The van der Waals surface area contributed by atoms with Gasteiger partial charge in [0, 0.05) is 38.9 Å². The Morgan fingerprint density at radius 3 is 2.81 bits per heavy atom. The molecule has 0 radical (unpaired) electrons. The van der Waals surface area contributed by atoms with Gasteiger partial charge in [-0.25, -0.2) is 12.8 Å². The van der Waals surface area contributed by atoms with Crippen LogP contribution < -0.4 is 10.2 Å². The maximum absolute atomic E-state index is 13.7. The van der Waals surface area contributed by atoms with Gasteiger partial charge in [-0.15, -0.1) is 0 Å². The maximum Gasteiger partial charge on any atom is 0.243 e. The van der Waals surface area contributed by atoms with E-state index in [4.69, 9.17) is 0 Å². The number of anilines is 1. The highest BCUT2D eigenvalue weighted by Gasteiger charge is 2.35. The Labute approximate surface area is 153 Å². The first-order valence-electron chi connectivity index (χ1n) is 8.79. The molecule has 2 aliphatic heterocycles. The number of nitrogens with zero attached hydrogens (tertiary/aromatic N) is 2. The van der Waals surface area contributed by atoms with Gasteiger partial charge in [-0.1, -0.05) is 18.2 Å². The first kappa shape index (κ1) is 17.5. The Morgan fingerprint density at radius 1 is 1.15 bits per heavy atom. The Balaban J connectivity index is 1.73. The normalized spacial score (nSPS) is 21.0. The van der Waals surface area contributed by atoms with Crippen LogP contribution in [-0.4, -0.2) is 45.9 Å². The van der Waals surface area contributed by atoms with Crippen molar-refractivity contribution in [3.05, 3.63) is 59.4 Å². The number of benzene rings is 2. The van der Waals surface area contributed by atoms with Gasteiger partial charge >= 0.3 is 0 Å². The van der Waals surface area contributed by atoms with E-state index in [9.17, 15) is 12.8 Å². The van der Waals surface area contributed by atoms with Gasteiger partial charge in [-0.3, -0.25) is 0 Å². The molecule has 26 heavy (non-hydrogen) atoms. The van der Waals surface area contributed by atoms with Crippen molar-refractivity contribution in [1.29, 1.82) is 0 Å². The smallest absolute Gasteiger partial charge is 0.243 e. The summed E-state index contributed by atoms with van der Waals surface area (Å²) in [6.45, 7) is 2.30. The molecule has 1 N–H and O–H groups in total. The molecule has 0 saturated carbocycles. The second-order valence-corrected chi connectivity index (χ2v) is 8.74. The fourth-order valence-corrected chi connectivity index (χ4v) is 5.42. The summed E-state index contributed by atoms with van der Waals surface area (Å²) in [7, 11) is -1.70. The summed E-state index contributed by atoms with van der Waals surface area (Å²) >= 11 is 0. The van der Waals surface area contributed by atoms with E-state index < -0.39 is 16.1 Å². The number of hydrogen-bond donors (Lipinski definition) is 1. The maximum atomic E-state index is 13.7.